The fraction of sp³-hybridized carbons (Fsp3) is 0.294. The van der Waals surface area contributed by atoms with Crippen molar-refractivity contribution in [2.75, 3.05) is 7.05 Å². The van der Waals surface area contributed by atoms with Crippen LogP contribution in [0.25, 0.3) is 11.1 Å². The predicted molar refractivity (Wildman–Crippen MR) is 81.7 cm³/mol. The fourth-order valence-electron chi connectivity index (χ4n) is 2.92. The smallest absolute Gasteiger partial charge is 0.0409 e. The van der Waals surface area contributed by atoms with E-state index in [2.05, 4.69) is 35.6 Å². The standard InChI is InChI=1S/C17H18ClN/c1-19-11-15-10-16(18)7-8-17(15)14-6-5-12-3-2-4-13(12)9-14/h5-10,19H,2-4,11H2,1H3. The van der Waals surface area contributed by atoms with Crippen LogP contribution < -0.4 is 5.32 Å². The van der Waals surface area contributed by atoms with Crippen LogP contribution >= 0.6 is 11.6 Å². The molecule has 0 unspecified atom stereocenters. The first-order chi connectivity index (χ1) is 9.28. The van der Waals surface area contributed by atoms with E-state index in [1.807, 2.05) is 13.1 Å². The lowest BCUT2D eigenvalue weighted by atomic mass is 9.96. The van der Waals surface area contributed by atoms with Crippen molar-refractivity contribution in [1.82, 2.24) is 5.32 Å². The molecule has 0 radical (unpaired) electrons. The Morgan fingerprint density at radius 3 is 2.74 bits per heavy atom. The molecule has 0 heterocycles. The number of aryl methyl sites for hydroxylation is 2. The lowest BCUT2D eigenvalue weighted by molar-refractivity contribution is 0.819. The van der Waals surface area contributed by atoms with Gasteiger partial charge in [0, 0.05) is 11.6 Å². The number of halogens is 1. The summed E-state index contributed by atoms with van der Waals surface area (Å²) in [4.78, 5) is 0. The Hall–Kier alpha value is -1.31. The maximum atomic E-state index is 6.11. The average Bonchev–Trinajstić information content (AvgIpc) is 2.86. The third kappa shape index (κ3) is 2.54. The summed E-state index contributed by atoms with van der Waals surface area (Å²) in [5.41, 5.74) is 6.89. The first-order valence-corrected chi connectivity index (χ1v) is 7.21. The number of benzene rings is 2. The van der Waals surface area contributed by atoms with Gasteiger partial charge in [0.15, 0.2) is 0 Å². The number of hydrogen-bond acceptors (Lipinski definition) is 1. The van der Waals surface area contributed by atoms with Gasteiger partial charge in [0.25, 0.3) is 0 Å². The Labute approximate surface area is 119 Å². The van der Waals surface area contributed by atoms with E-state index in [1.54, 1.807) is 0 Å². The zero-order chi connectivity index (χ0) is 13.2. The predicted octanol–water partition coefficient (Wildman–Crippen LogP) is 4.22. The van der Waals surface area contributed by atoms with E-state index in [9.17, 15) is 0 Å². The molecule has 0 atom stereocenters. The van der Waals surface area contributed by atoms with Gasteiger partial charge >= 0.3 is 0 Å². The quantitative estimate of drug-likeness (QED) is 0.882. The average molecular weight is 272 g/mol. The molecule has 19 heavy (non-hydrogen) atoms. The Morgan fingerprint density at radius 1 is 1.05 bits per heavy atom. The highest BCUT2D eigenvalue weighted by Crippen LogP contribution is 2.31. The molecule has 0 saturated heterocycles. The van der Waals surface area contributed by atoms with Crippen molar-refractivity contribution in [2.24, 2.45) is 0 Å². The highest BCUT2D eigenvalue weighted by molar-refractivity contribution is 6.30. The molecule has 0 bridgehead atoms. The van der Waals surface area contributed by atoms with Crippen LogP contribution in [-0.4, -0.2) is 7.05 Å². The molecule has 2 aromatic rings. The van der Waals surface area contributed by atoms with Crippen LogP contribution in [0.1, 0.15) is 23.1 Å². The minimum absolute atomic E-state index is 0.801. The van der Waals surface area contributed by atoms with Gasteiger partial charge in [0.1, 0.15) is 0 Å². The monoisotopic (exact) mass is 271 g/mol. The van der Waals surface area contributed by atoms with Crippen LogP contribution in [0.5, 0.6) is 0 Å². The van der Waals surface area contributed by atoms with E-state index < -0.39 is 0 Å². The number of rotatable bonds is 3. The van der Waals surface area contributed by atoms with Crippen molar-refractivity contribution < 1.29 is 0 Å². The summed E-state index contributed by atoms with van der Waals surface area (Å²) in [5, 5.41) is 4.02. The molecule has 2 heteroatoms. The number of nitrogens with one attached hydrogen (secondary N) is 1. The summed E-state index contributed by atoms with van der Waals surface area (Å²) in [5.74, 6) is 0. The van der Waals surface area contributed by atoms with Gasteiger partial charge in [-0.3, -0.25) is 0 Å². The second-order valence-corrected chi connectivity index (χ2v) is 5.61. The van der Waals surface area contributed by atoms with Crippen LogP contribution in [-0.2, 0) is 19.4 Å². The van der Waals surface area contributed by atoms with Gasteiger partial charge in [0.2, 0.25) is 0 Å². The summed E-state index contributed by atoms with van der Waals surface area (Å²) < 4.78 is 0. The lowest BCUT2D eigenvalue weighted by Crippen LogP contribution is -2.06. The SMILES string of the molecule is CNCc1cc(Cl)ccc1-c1ccc2c(c1)CCC2. The number of fused-ring (bicyclic) bond motifs is 1. The minimum atomic E-state index is 0.801. The van der Waals surface area contributed by atoms with Crippen molar-refractivity contribution >= 4 is 11.6 Å². The number of hydrogen-bond donors (Lipinski definition) is 1. The summed E-state index contributed by atoms with van der Waals surface area (Å²) in [7, 11) is 1.97. The first kappa shape index (κ1) is 12.7. The van der Waals surface area contributed by atoms with Crippen LogP contribution in [0.15, 0.2) is 36.4 Å². The molecule has 1 N–H and O–H groups in total. The molecule has 0 amide bonds. The molecule has 0 saturated carbocycles. The van der Waals surface area contributed by atoms with Crippen molar-refractivity contribution in [3.63, 3.8) is 0 Å². The molecule has 1 aliphatic rings. The van der Waals surface area contributed by atoms with E-state index in [0.717, 1.165) is 11.6 Å². The maximum absolute atomic E-state index is 6.11. The van der Waals surface area contributed by atoms with Crippen LogP contribution in [0.4, 0.5) is 0 Å². The zero-order valence-corrected chi connectivity index (χ0v) is 11.9. The zero-order valence-electron chi connectivity index (χ0n) is 11.2. The van der Waals surface area contributed by atoms with Gasteiger partial charge in [-0.05, 0) is 66.3 Å². The minimum Gasteiger partial charge on any atom is -0.316 e. The second kappa shape index (κ2) is 5.36. The van der Waals surface area contributed by atoms with Gasteiger partial charge in [0.05, 0.1) is 0 Å². The first-order valence-electron chi connectivity index (χ1n) is 6.83. The molecule has 0 aromatic heterocycles. The summed E-state index contributed by atoms with van der Waals surface area (Å²) in [6.07, 6.45) is 3.75. The Balaban J connectivity index is 2.06. The summed E-state index contributed by atoms with van der Waals surface area (Å²) >= 11 is 6.11. The van der Waals surface area contributed by atoms with Gasteiger partial charge in [-0.15, -0.1) is 0 Å². The Bertz CT molecular complexity index is 604. The fourth-order valence-corrected chi connectivity index (χ4v) is 3.11. The lowest BCUT2D eigenvalue weighted by Gasteiger charge is -2.11. The van der Waals surface area contributed by atoms with Crippen molar-refractivity contribution in [1.29, 1.82) is 0 Å². The molecule has 0 fully saturated rings. The molecule has 0 aliphatic heterocycles. The van der Waals surface area contributed by atoms with Crippen molar-refractivity contribution in [2.45, 2.75) is 25.8 Å². The van der Waals surface area contributed by atoms with Gasteiger partial charge < -0.3 is 5.32 Å². The molecule has 98 valence electrons. The molecular formula is C17H18ClN. The highest BCUT2D eigenvalue weighted by atomic mass is 35.5. The van der Waals surface area contributed by atoms with Crippen LogP contribution in [0.2, 0.25) is 5.02 Å². The third-order valence-corrected chi connectivity index (χ3v) is 4.08. The second-order valence-electron chi connectivity index (χ2n) is 5.17. The largest absolute Gasteiger partial charge is 0.316 e. The van der Waals surface area contributed by atoms with Crippen LogP contribution in [0, 0.1) is 0 Å². The molecule has 0 spiro atoms. The van der Waals surface area contributed by atoms with Gasteiger partial charge in [-0.2, -0.15) is 0 Å². The molecular weight excluding hydrogens is 254 g/mol. The van der Waals surface area contributed by atoms with Gasteiger partial charge in [-0.25, -0.2) is 0 Å². The molecule has 1 aliphatic carbocycles. The topological polar surface area (TPSA) is 12.0 Å². The summed E-state index contributed by atoms with van der Waals surface area (Å²) in [6.45, 7) is 0.840. The normalized spacial score (nSPS) is 13.6. The highest BCUT2D eigenvalue weighted by Gasteiger charge is 2.13. The molecule has 1 nitrogen and oxygen atoms in total. The van der Waals surface area contributed by atoms with E-state index in [-0.39, 0.29) is 0 Å². The summed E-state index contributed by atoms with van der Waals surface area (Å²) in [6, 6.07) is 13.0. The van der Waals surface area contributed by atoms with E-state index in [4.69, 9.17) is 11.6 Å². The van der Waals surface area contributed by atoms with E-state index >= 15 is 0 Å². The third-order valence-electron chi connectivity index (χ3n) is 3.84. The Kier molecular flexibility index (Phi) is 3.58. The van der Waals surface area contributed by atoms with Crippen molar-refractivity contribution in [3.05, 3.63) is 58.1 Å². The maximum Gasteiger partial charge on any atom is 0.0409 e. The van der Waals surface area contributed by atoms with E-state index in [0.29, 0.717) is 0 Å². The molecule has 2 aromatic carbocycles. The van der Waals surface area contributed by atoms with Gasteiger partial charge in [-0.1, -0.05) is 35.9 Å². The molecule has 3 rings (SSSR count). The Morgan fingerprint density at radius 2 is 1.89 bits per heavy atom. The van der Waals surface area contributed by atoms with E-state index in [1.165, 1.54) is 47.1 Å². The van der Waals surface area contributed by atoms with Crippen LogP contribution in [0.3, 0.4) is 0 Å². The van der Waals surface area contributed by atoms with Crippen molar-refractivity contribution in [3.8, 4) is 11.1 Å².